The van der Waals surface area contributed by atoms with Crippen LogP contribution in [0, 0.1) is 0 Å². The Morgan fingerprint density at radius 1 is 1.20 bits per heavy atom. The van der Waals surface area contributed by atoms with Gasteiger partial charge in [0, 0.05) is 33.4 Å². The molecule has 0 radical (unpaired) electrons. The summed E-state index contributed by atoms with van der Waals surface area (Å²) in [6.07, 6.45) is 6.98. The van der Waals surface area contributed by atoms with Crippen LogP contribution in [0.5, 0.6) is 0 Å². The quantitative estimate of drug-likeness (QED) is 0.504. The van der Waals surface area contributed by atoms with Crippen molar-refractivity contribution in [3.63, 3.8) is 0 Å². The number of carbonyl (C=O) groups is 1. The topological polar surface area (TPSA) is 75.8 Å². The van der Waals surface area contributed by atoms with E-state index in [0.717, 1.165) is 19.4 Å². The minimum Gasteiger partial charge on any atom is -0.396 e. The van der Waals surface area contributed by atoms with Crippen molar-refractivity contribution in [2.45, 2.75) is 57.9 Å². The minimum atomic E-state index is -0.496. The Bertz CT molecular complexity index is 237. The van der Waals surface area contributed by atoms with E-state index in [0.29, 0.717) is 26.0 Å². The molecule has 5 heteroatoms. The Labute approximate surface area is 123 Å². The van der Waals surface area contributed by atoms with Gasteiger partial charge in [-0.25, -0.2) is 0 Å². The van der Waals surface area contributed by atoms with Crippen LogP contribution in [0.2, 0.25) is 0 Å². The first-order valence-corrected chi connectivity index (χ1v) is 7.81. The molecule has 0 aliphatic carbocycles. The van der Waals surface area contributed by atoms with Gasteiger partial charge in [-0.2, -0.15) is 0 Å². The predicted octanol–water partition coefficient (Wildman–Crippen LogP) is 1.53. The molecule has 0 saturated heterocycles. The van der Waals surface area contributed by atoms with Crippen LogP contribution in [-0.2, 0) is 9.53 Å². The second kappa shape index (κ2) is 13.3. The number of nitrogens with two attached hydrogens (primary N) is 1. The van der Waals surface area contributed by atoms with Gasteiger partial charge in [-0.05, 0) is 19.3 Å². The second-order valence-electron chi connectivity index (χ2n) is 5.20. The molecule has 0 rings (SSSR count). The molecule has 0 fully saturated rings. The zero-order valence-electron chi connectivity index (χ0n) is 13.1. The van der Waals surface area contributed by atoms with Crippen LogP contribution in [-0.4, -0.2) is 55.4 Å². The maximum atomic E-state index is 12.2. The molecule has 120 valence electrons. The van der Waals surface area contributed by atoms with Gasteiger partial charge >= 0.3 is 0 Å². The Balaban J connectivity index is 4.13. The molecular formula is C15H32N2O3. The van der Waals surface area contributed by atoms with Crippen molar-refractivity contribution in [1.82, 2.24) is 4.90 Å². The molecule has 1 atom stereocenters. The highest BCUT2D eigenvalue weighted by Crippen LogP contribution is 2.06. The summed E-state index contributed by atoms with van der Waals surface area (Å²) in [6.45, 7) is 4.11. The van der Waals surface area contributed by atoms with Gasteiger partial charge in [-0.15, -0.1) is 0 Å². The highest BCUT2D eigenvalue weighted by atomic mass is 16.5. The van der Waals surface area contributed by atoms with E-state index in [4.69, 9.17) is 15.6 Å². The third-order valence-electron chi connectivity index (χ3n) is 3.38. The minimum absolute atomic E-state index is 0.0222. The second-order valence-corrected chi connectivity index (χ2v) is 5.20. The lowest BCUT2D eigenvalue weighted by molar-refractivity contribution is -0.133. The van der Waals surface area contributed by atoms with Crippen molar-refractivity contribution >= 4 is 5.91 Å². The average molecular weight is 288 g/mol. The van der Waals surface area contributed by atoms with Crippen LogP contribution < -0.4 is 5.73 Å². The first-order valence-electron chi connectivity index (χ1n) is 7.81. The van der Waals surface area contributed by atoms with Gasteiger partial charge < -0.3 is 20.5 Å². The number of aliphatic hydroxyl groups excluding tert-OH is 1. The predicted molar refractivity (Wildman–Crippen MR) is 81.5 cm³/mol. The van der Waals surface area contributed by atoms with Gasteiger partial charge in [0.15, 0.2) is 0 Å². The number of carbonyl (C=O) groups excluding carboxylic acids is 1. The van der Waals surface area contributed by atoms with E-state index in [-0.39, 0.29) is 12.5 Å². The number of nitrogens with zero attached hydrogens (tertiary/aromatic N) is 1. The van der Waals surface area contributed by atoms with E-state index in [1.54, 1.807) is 12.0 Å². The number of ether oxygens (including phenoxy) is 1. The van der Waals surface area contributed by atoms with Gasteiger partial charge in [0.2, 0.25) is 5.91 Å². The van der Waals surface area contributed by atoms with Gasteiger partial charge in [0.25, 0.3) is 0 Å². The standard InChI is InChI=1S/C15H32N2O3/c1-3-4-5-6-7-10-17(11-8-12-18)15(19)14(16)9-13-20-2/h14,18H,3-13,16H2,1-2H3. The summed E-state index contributed by atoms with van der Waals surface area (Å²) < 4.78 is 4.96. The summed E-state index contributed by atoms with van der Waals surface area (Å²) >= 11 is 0. The maximum Gasteiger partial charge on any atom is 0.239 e. The van der Waals surface area contributed by atoms with Gasteiger partial charge in [-0.3, -0.25) is 4.79 Å². The van der Waals surface area contributed by atoms with Crippen LogP contribution in [0.3, 0.4) is 0 Å². The fraction of sp³-hybridized carbons (Fsp3) is 0.933. The normalized spacial score (nSPS) is 12.4. The number of aliphatic hydroxyl groups is 1. The van der Waals surface area contributed by atoms with Crippen molar-refractivity contribution in [3.8, 4) is 0 Å². The smallest absolute Gasteiger partial charge is 0.239 e. The van der Waals surface area contributed by atoms with Crippen molar-refractivity contribution < 1.29 is 14.6 Å². The first kappa shape index (κ1) is 19.4. The first-order chi connectivity index (χ1) is 9.67. The van der Waals surface area contributed by atoms with Crippen molar-refractivity contribution in [2.75, 3.05) is 33.4 Å². The van der Waals surface area contributed by atoms with Crippen LogP contribution >= 0.6 is 0 Å². The third kappa shape index (κ3) is 9.28. The van der Waals surface area contributed by atoms with Crippen molar-refractivity contribution in [3.05, 3.63) is 0 Å². The lowest BCUT2D eigenvalue weighted by Crippen LogP contribution is -2.45. The van der Waals surface area contributed by atoms with E-state index in [1.165, 1.54) is 19.3 Å². The van der Waals surface area contributed by atoms with Crippen LogP contribution in [0.15, 0.2) is 0 Å². The Kier molecular flexibility index (Phi) is 12.9. The summed E-state index contributed by atoms with van der Waals surface area (Å²) in [5, 5.41) is 8.93. The molecule has 0 heterocycles. The molecule has 1 amide bonds. The number of unbranched alkanes of at least 4 members (excludes halogenated alkanes) is 4. The molecule has 0 aliphatic heterocycles. The number of amides is 1. The Morgan fingerprint density at radius 3 is 2.45 bits per heavy atom. The van der Waals surface area contributed by atoms with Crippen molar-refractivity contribution in [2.24, 2.45) is 5.73 Å². The highest BCUT2D eigenvalue weighted by Gasteiger charge is 2.19. The van der Waals surface area contributed by atoms with Crippen molar-refractivity contribution in [1.29, 1.82) is 0 Å². The van der Waals surface area contributed by atoms with E-state index >= 15 is 0 Å². The lowest BCUT2D eigenvalue weighted by Gasteiger charge is -2.25. The largest absolute Gasteiger partial charge is 0.396 e. The van der Waals surface area contributed by atoms with E-state index in [9.17, 15) is 4.79 Å². The van der Waals surface area contributed by atoms with Gasteiger partial charge in [0.05, 0.1) is 6.04 Å². The molecule has 5 nitrogen and oxygen atoms in total. The molecule has 0 saturated carbocycles. The molecule has 0 spiro atoms. The average Bonchev–Trinajstić information content (AvgIpc) is 2.46. The van der Waals surface area contributed by atoms with Gasteiger partial charge in [-0.1, -0.05) is 32.6 Å². The molecule has 1 unspecified atom stereocenters. The molecule has 0 bridgehead atoms. The Morgan fingerprint density at radius 2 is 1.85 bits per heavy atom. The highest BCUT2D eigenvalue weighted by molar-refractivity contribution is 5.81. The van der Waals surface area contributed by atoms with E-state index in [1.807, 2.05) is 0 Å². The van der Waals surface area contributed by atoms with Crippen LogP contribution in [0.1, 0.15) is 51.9 Å². The SMILES string of the molecule is CCCCCCCN(CCCO)C(=O)C(N)CCOC. The van der Waals surface area contributed by atoms with E-state index < -0.39 is 6.04 Å². The number of rotatable bonds is 13. The third-order valence-corrected chi connectivity index (χ3v) is 3.38. The fourth-order valence-corrected chi connectivity index (χ4v) is 2.10. The summed E-state index contributed by atoms with van der Waals surface area (Å²) in [4.78, 5) is 14.0. The molecule has 0 aromatic rings. The maximum absolute atomic E-state index is 12.2. The van der Waals surface area contributed by atoms with Crippen LogP contribution in [0.25, 0.3) is 0 Å². The summed E-state index contributed by atoms with van der Waals surface area (Å²) in [7, 11) is 1.61. The monoisotopic (exact) mass is 288 g/mol. The molecule has 0 aromatic heterocycles. The molecule has 20 heavy (non-hydrogen) atoms. The van der Waals surface area contributed by atoms with Gasteiger partial charge in [0.1, 0.15) is 0 Å². The summed E-state index contributed by atoms with van der Waals surface area (Å²) in [5.74, 6) is -0.0222. The zero-order chi connectivity index (χ0) is 15.2. The number of methoxy groups -OCH3 is 1. The summed E-state index contributed by atoms with van der Waals surface area (Å²) in [5.41, 5.74) is 5.89. The van der Waals surface area contributed by atoms with Crippen LogP contribution in [0.4, 0.5) is 0 Å². The molecule has 0 aliphatic rings. The zero-order valence-corrected chi connectivity index (χ0v) is 13.1. The molecule has 0 aromatic carbocycles. The number of hydrogen-bond acceptors (Lipinski definition) is 4. The molecule has 3 N–H and O–H groups in total. The summed E-state index contributed by atoms with van der Waals surface area (Å²) in [6, 6.07) is -0.496. The fourth-order valence-electron chi connectivity index (χ4n) is 2.10. The number of hydrogen-bond donors (Lipinski definition) is 2. The molecular weight excluding hydrogens is 256 g/mol. The Hall–Kier alpha value is -0.650. The lowest BCUT2D eigenvalue weighted by atomic mass is 10.1. The van der Waals surface area contributed by atoms with E-state index in [2.05, 4.69) is 6.92 Å².